The zero-order valence-electron chi connectivity index (χ0n) is 16.0. The summed E-state index contributed by atoms with van der Waals surface area (Å²) in [5.74, 6) is -0.284. The molecule has 0 atom stereocenters. The molecular formula is C22H24ClN3O. The van der Waals surface area contributed by atoms with E-state index in [0.29, 0.717) is 5.02 Å². The molecular weight excluding hydrogens is 358 g/mol. The van der Waals surface area contributed by atoms with Crippen LogP contribution in [0.2, 0.25) is 5.02 Å². The van der Waals surface area contributed by atoms with Crippen LogP contribution in [-0.4, -0.2) is 16.5 Å². The molecule has 0 aliphatic heterocycles. The number of halogens is 1. The van der Waals surface area contributed by atoms with E-state index in [-0.39, 0.29) is 17.5 Å². The first-order valence-electron chi connectivity index (χ1n) is 9.29. The Balaban J connectivity index is 1.95. The second kappa shape index (κ2) is 8.02. The van der Waals surface area contributed by atoms with Crippen LogP contribution in [0.3, 0.4) is 0 Å². The molecule has 1 aromatic carbocycles. The van der Waals surface area contributed by atoms with Crippen LogP contribution in [-0.2, 0) is 4.79 Å². The van der Waals surface area contributed by atoms with Crippen LogP contribution < -0.4 is 5.32 Å². The number of nitrogens with zero attached hydrogens (tertiary/aromatic N) is 2. The summed E-state index contributed by atoms with van der Waals surface area (Å²) in [4.78, 5) is 12.5. The molecule has 1 aromatic heterocycles. The van der Waals surface area contributed by atoms with Gasteiger partial charge < -0.3 is 9.88 Å². The van der Waals surface area contributed by atoms with E-state index >= 15 is 0 Å². The summed E-state index contributed by atoms with van der Waals surface area (Å²) >= 11 is 6.19. The molecule has 1 saturated carbocycles. The number of aryl methyl sites for hydroxylation is 2. The van der Waals surface area contributed by atoms with Gasteiger partial charge in [0.2, 0.25) is 0 Å². The van der Waals surface area contributed by atoms with Crippen LogP contribution in [0.1, 0.15) is 48.2 Å². The second-order valence-electron chi connectivity index (χ2n) is 7.22. The SMILES string of the molecule is Cc1ccc(Cl)cc1-n1c(C)cc(/C=C(/C#N)C(=O)NC2CCCC2)c1C. The molecule has 4 nitrogen and oxygen atoms in total. The number of nitriles is 1. The number of hydrogen-bond donors (Lipinski definition) is 1. The minimum Gasteiger partial charge on any atom is -0.349 e. The summed E-state index contributed by atoms with van der Waals surface area (Å²) in [6.07, 6.45) is 5.94. The average molecular weight is 382 g/mol. The molecule has 27 heavy (non-hydrogen) atoms. The predicted molar refractivity (Wildman–Crippen MR) is 109 cm³/mol. The highest BCUT2D eigenvalue weighted by molar-refractivity contribution is 6.30. The molecule has 1 N–H and O–H groups in total. The number of benzene rings is 1. The van der Waals surface area contributed by atoms with Crippen molar-refractivity contribution in [3.05, 3.63) is 57.4 Å². The lowest BCUT2D eigenvalue weighted by atomic mass is 10.1. The van der Waals surface area contributed by atoms with Crippen molar-refractivity contribution in [3.8, 4) is 11.8 Å². The highest BCUT2D eigenvalue weighted by Crippen LogP contribution is 2.27. The van der Waals surface area contributed by atoms with Crippen LogP contribution in [0.15, 0.2) is 29.8 Å². The van der Waals surface area contributed by atoms with Gasteiger partial charge in [-0.05, 0) is 69.0 Å². The van der Waals surface area contributed by atoms with Gasteiger partial charge >= 0.3 is 0 Å². The van der Waals surface area contributed by atoms with Crippen LogP contribution in [0, 0.1) is 32.1 Å². The number of aromatic nitrogens is 1. The number of carbonyl (C=O) groups excluding carboxylic acids is 1. The minimum absolute atomic E-state index is 0.143. The summed E-state index contributed by atoms with van der Waals surface area (Å²) in [6.45, 7) is 6.04. The lowest BCUT2D eigenvalue weighted by molar-refractivity contribution is -0.117. The topological polar surface area (TPSA) is 57.8 Å². The van der Waals surface area contributed by atoms with E-state index < -0.39 is 0 Å². The van der Waals surface area contributed by atoms with Gasteiger partial charge in [0, 0.05) is 28.1 Å². The molecule has 140 valence electrons. The van der Waals surface area contributed by atoms with Crippen molar-refractivity contribution in [2.75, 3.05) is 0 Å². The van der Waals surface area contributed by atoms with Crippen molar-refractivity contribution < 1.29 is 4.79 Å². The molecule has 2 aromatic rings. The van der Waals surface area contributed by atoms with Gasteiger partial charge in [-0.15, -0.1) is 0 Å². The van der Waals surface area contributed by atoms with E-state index in [0.717, 1.165) is 53.9 Å². The highest BCUT2D eigenvalue weighted by atomic mass is 35.5. The summed E-state index contributed by atoms with van der Waals surface area (Å²) < 4.78 is 2.11. The minimum atomic E-state index is -0.284. The molecule has 1 amide bonds. The third kappa shape index (κ3) is 4.09. The molecule has 3 rings (SSSR count). The fraction of sp³-hybridized carbons (Fsp3) is 0.364. The molecule has 0 bridgehead atoms. The highest BCUT2D eigenvalue weighted by Gasteiger charge is 2.20. The number of amides is 1. The Labute approximate surface area is 165 Å². The van der Waals surface area contributed by atoms with E-state index in [1.54, 1.807) is 6.08 Å². The van der Waals surface area contributed by atoms with Crippen LogP contribution in [0.4, 0.5) is 0 Å². The van der Waals surface area contributed by atoms with E-state index in [1.807, 2.05) is 45.0 Å². The quantitative estimate of drug-likeness (QED) is 0.597. The molecule has 1 aliphatic rings. The summed E-state index contributed by atoms with van der Waals surface area (Å²) in [5.41, 5.74) is 5.12. The van der Waals surface area contributed by atoms with Gasteiger partial charge in [-0.3, -0.25) is 4.79 Å². The molecule has 0 radical (unpaired) electrons. The molecule has 0 spiro atoms. The molecule has 0 unspecified atom stereocenters. The number of carbonyl (C=O) groups is 1. The van der Waals surface area contributed by atoms with Crippen molar-refractivity contribution in [2.45, 2.75) is 52.5 Å². The zero-order chi connectivity index (χ0) is 19.6. The Morgan fingerprint density at radius 2 is 1.96 bits per heavy atom. The molecule has 0 saturated heterocycles. The van der Waals surface area contributed by atoms with Gasteiger partial charge in [0.25, 0.3) is 5.91 Å². The van der Waals surface area contributed by atoms with Gasteiger partial charge in [-0.2, -0.15) is 5.26 Å². The fourth-order valence-electron chi connectivity index (χ4n) is 3.77. The van der Waals surface area contributed by atoms with E-state index in [4.69, 9.17) is 11.6 Å². The van der Waals surface area contributed by atoms with Gasteiger partial charge in [-0.25, -0.2) is 0 Å². The fourth-order valence-corrected chi connectivity index (χ4v) is 3.93. The number of rotatable bonds is 4. The van der Waals surface area contributed by atoms with Gasteiger partial charge in [0.15, 0.2) is 0 Å². The summed E-state index contributed by atoms with van der Waals surface area (Å²) in [7, 11) is 0. The molecule has 1 aliphatic carbocycles. The van der Waals surface area contributed by atoms with Crippen molar-refractivity contribution in [1.29, 1.82) is 5.26 Å². The smallest absolute Gasteiger partial charge is 0.262 e. The van der Waals surface area contributed by atoms with Crippen molar-refractivity contribution in [1.82, 2.24) is 9.88 Å². The number of nitrogens with one attached hydrogen (secondary N) is 1. The maximum absolute atomic E-state index is 12.5. The maximum Gasteiger partial charge on any atom is 0.262 e. The standard InChI is InChI=1S/C22H24ClN3O/c1-14-8-9-19(23)12-21(14)26-15(2)10-17(16(26)3)11-18(13-24)22(27)25-20-6-4-5-7-20/h8-12,20H,4-7H2,1-3H3,(H,25,27)/b18-11-. The zero-order valence-corrected chi connectivity index (χ0v) is 16.7. The van der Waals surface area contributed by atoms with Crippen LogP contribution in [0.25, 0.3) is 11.8 Å². The Morgan fingerprint density at radius 1 is 1.26 bits per heavy atom. The van der Waals surface area contributed by atoms with Gasteiger partial charge in [0.1, 0.15) is 11.6 Å². The summed E-state index contributed by atoms with van der Waals surface area (Å²) in [6, 6.07) is 10.0. The third-order valence-corrected chi connectivity index (χ3v) is 5.47. The van der Waals surface area contributed by atoms with E-state index in [1.165, 1.54) is 0 Å². The first-order chi connectivity index (χ1) is 12.9. The lowest BCUT2D eigenvalue weighted by Crippen LogP contribution is -2.33. The van der Waals surface area contributed by atoms with Crippen LogP contribution in [0.5, 0.6) is 0 Å². The Bertz CT molecular complexity index is 943. The monoisotopic (exact) mass is 381 g/mol. The second-order valence-corrected chi connectivity index (χ2v) is 7.65. The lowest BCUT2D eigenvalue weighted by Gasteiger charge is -2.13. The first kappa shape index (κ1) is 19.3. The van der Waals surface area contributed by atoms with Crippen molar-refractivity contribution in [3.63, 3.8) is 0 Å². The summed E-state index contributed by atoms with van der Waals surface area (Å²) in [5, 5.41) is 13.2. The normalized spacial score (nSPS) is 15.0. The van der Waals surface area contributed by atoms with Gasteiger partial charge in [0.05, 0.1) is 0 Å². The van der Waals surface area contributed by atoms with Gasteiger partial charge in [-0.1, -0.05) is 30.5 Å². The molecule has 1 fully saturated rings. The Morgan fingerprint density at radius 3 is 2.63 bits per heavy atom. The molecule has 5 heteroatoms. The average Bonchev–Trinajstić information content (AvgIpc) is 3.23. The Kier molecular flexibility index (Phi) is 5.72. The van der Waals surface area contributed by atoms with Crippen molar-refractivity contribution >= 4 is 23.6 Å². The molecule has 1 heterocycles. The Hall–Kier alpha value is -2.51. The maximum atomic E-state index is 12.5. The first-order valence-corrected chi connectivity index (χ1v) is 9.66. The van der Waals surface area contributed by atoms with E-state index in [2.05, 4.69) is 16.0 Å². The predicted octanol–water partition coefficient (Wildman–Crippen LogP) is 5.02. The van der Waals surface area contributed by atoms with E-state index in [9.17, 15) is 10.1 Å². The third-order valence-electron chi connectivity index (χ3n) is 5.24. The number of hydrogen-bond acceptors (Lipinski definition) is 2. The van der Waals surface area contributed by atoms with Crippen molar-refractivity contribution in [2.24, 2.45) is 0 Å². The largest absolute Gasteiger partial charge is 0.349 e. The van der Waals surface area contributed by atoms with Crippen LogP contribution >= 0.6 is 11.6 Å².